The molecular formula is C11H7BrN4OS. The van der Waals surface area contributed by atoms with Crippen molar-refractivity contribution in [2.24, 2.45) is 0 Å². The van der Waals surface area contributed by atoms with Gasteiger partial charge in [-0.1, -0.05) is 27.3 Å². The molecule has 2 heterocycles. The highest BCUT2D eigenvalue weighted by Crippen LogP contribution is 2.21. The van der Waals surface area contributed by atoms with Crippen molar-refractivity contribution in [3.8, 4) is 0 Å². The lowest BCUT2D eigenvalue weighted by molar-refractivity contribution is 0.102. The van der Waals surface area contributed by atoms with Gasteiger partial charge >= 0.3 is 0 Å². The first kappa shape index (κ1) is 11.4. The lowest BCUT2D eigenvalue weighted by Gasteiger charge is -1.96. The first-order chi connectivity index (χ1) is 8.72. The van der Waals surface area contributed by atoms with Gasteiger partial charge in [0, 0.05) is 15.4 Å². The van der Waals surface area contributed by atoms with E-state index in [0.29, 0.717) is 10.8 Å². The minimum atomic E-state index is -0.223. The molecule has 0 fully saturated rings. The van der Waals surface area contributed by atoms with Crippen LogP contribution >= 0.6 is 27.3 Å². The Labute approximate surface area is 114 Å². The molecule has 18 heavy (non-hydrogen) atoms. The van der Waals surface area contributed by atoms with Gasteiger partial charge in [0.05, 0.1) is 0 Å². The van der Waals surface area contributed by atoms with Gasteiger partial charge in [0.15, 0.2) is 0 Å². The first-order valence-electron chi connectivity index (χ1n) is 5.08. The number of hydrogen-bond acceptors (Lipinski definition) is 4. The zero-order valence-electron chi connectivity index (χ0n) is 8.98. The highest BCUT2D eigenvalue weighted by Gasteiger charge is 2.11. The smallest absolute Gasteiger partial charge is 0.273 e. The predicted molar refractivity (Wildman–Crippen MR) is 73.9 cm³/mol. The molecular weight excluding hydrogens is 316 g/mol. The standard InChI is InChI=1S/C11H7BrN4OS/c12-7-1-2-8-6(3-7)4-9(14-8)10(17)15-11-16-13-5-18-11/h1-5,14H,(H,15,16,17). The second-order valence-corrected chi connectivity index (χ2v) is 5.36. The van der Waals surface area contributed by atoms with E-state index in [9.17, 15) is 4.79 Å². The van der Waals surface area contributed by atoms with Gasteiger partial charge in [-0.15, -0.1) is 10.2 Å². The molecule has 0 saturated heterocycles. The van der Waals surface area contributed by atoms with Crippen LogP contribution < -0.4 is 5.32 Å². The third-order valence-corrected chi connectivity index (χ3v) is 3.51. The first-order valence-corrected chi connectivity index (χ1v) is 6.75. The molecule has 0 radical (unpaired) electrons. The maximum absolute atomic E-state index is 12.0. The monoisotopic (exact) mass is 322 g/mol. The van der Waals surface area contributed by atoms with Crippen molar-refractivity contribution in [2.45, 2.75) is 0 Å². The van der Waals surface area contributed by atoms with E-state index >= 15 is 0 Å². The quantitative estimate of drug-likeness (QED) is 0.761. The van der Waals surface area contributed by atoms with Crippen molar-refractivity contribution < 1.29 is 4.79 Å². The van der Waals surface area contributed by atoms with Crippen LogP contribution in [-0.4, -0.2) is 21.1 Å². The molecule has 1 aromatic carbocycles. The summed E-state index contributed by atoms with van der Waals surface area (Å²) >= 11 is 4.68. The maximum Gasteiger partial charge on any atom is 0.273 e. The van der Waals surface area contributed by atoms with Crippen LogP contribution in [0.15, 0.2) is 34.2 Å². The lowest BCUT2D eigenvalue weighted by atomic mass is 10.2. The number of aromatic nitrogens is 3. The van der Waals surface area contributed by atoms with Gasteiger partial charge in [0.25, 0.3) is 5.91 Å². The van der Waals surface area contributed by atoms with Gasteiger partial charge in [0.2, 0.25) is 5.13 Å². The molecule has 0 unspecified atom stereocenters. The zero-order valence-corrected chi connectivity index (χ0v) is 11.4. The average molecular weight is 323 g/mol. The second-order valence-electron chi connectivity index (χ2n) is 3.61. The van der Waals surface area contributed by atoms with Crippen LogP contribution in [0, 0.1) is 0 Å². The number of benzene rings is 1. The fourth-order valence-corrected chi connectivity index (χ4v) is 2.44. The fourth-order valence-electron chi connectivity index (χ4n) is 1.62. The highest BCUT2D eigenvalue weighted by molar-refractivity contribution is 9.10. The normalized spacial score (nSPS) is 10.7. The number of rotatable bonds is 2. The third-order valence-electron chi connectivity index (χ3n) is 2.41. The van der Waals surface area contributed by atoms with Crippen LogP contribution in [0.3, 0.4) is 0 Å². The molecule has 5 nitrogen and oxygen atoms in total. The van der Waals surface area contributed by atoms with E-state index in [-0.39, 0.29) is 5.91 Å². The van der Waals surface area contributed by atoms with E-state index in [1.165, 1.54) is 11.3 Å². The minimum absolute atomic E-state index is 0.223. The lowest BCUT2D eigenvalue weighted by Crippen LogP contribution is -2.11. The average Bonchev–Trinajstić information content (AvgIpc) is 2.96. The number of halogens is 1. The zero-order chi connectivity index (χ0) is 12.5. The number of hydrogen-bond donors (Lipinski definition) is 2. The summed E-state index contributed by atoms with van der Waals surface area (Å²) in [6, 6.07) is 7.59. The Bertz CT molecular complexity index is 707. The molecule has 0 aliphatic carbocycles. The number of fused-ring (bicyclic) bond motifs is 1. The van der Waals surface area contributed by atoms with Gasteiger partial charge < -0.3 is 4.98 Å². The molecule has 0 spiro atoms. The number of aromatic amines is 1. The third kappa shape index (κ3) is 2.14. The van der Waals surface area contributed by atoms with E-state index in [4.69, 9.17) is 0 Å². The molecule has 0 aliphatic heterocycles. The van der Waals surface area contributed by atoms with Crippen molar-refractivity contribution in [1.82, 2.24) is 15.2 Å². The van der Waals surface area contributed by atoms with Gasteiger partial charge in [-0.25, -0.2) is 0 Å². The topological polar surface area (TPSA) is 70.7 Å². The summed E-state index contributed by atoms with van der Waals surface area (Å²) in [5.74, 6) is -0.223. The molecule has 0 aliphatic rings. The molecule has 90 valence electrons. The summed E-state index contributed by atoms with van der Waals surface area (Å²) in [4.78, 5) is 15.0. The van der Waals surface area contributed by atoms with E-state index in [2.05, 4.69) is 36.4 Å². The number of H-pyrrole nitrogens is 1. The van der Waals surface area contributed by atoms with E-state index < -0.39 is 0 Å². The van der Waals surface area contributed by atoms with Gasteiger partial charge in [-0.2, -0.15) is 0 Å². The van der Waals surface area contributed by atoms with Crippen LogP contribution in [0.5, 0.6) is 0 Å². The van der Waals surface area contributed by atoms with Crippen LogP contribution in [-0.2, 0) is 0 Å². The Hall–Kier alpha value is -1.73. The van der Waals surface area contributed by atoms with Gasteiger partial charge in [0.1, 0.15) is 11.2 Å². The number of nitrogens with one attached hydrogen (secondary N) is 2. The Morgan fingerprint density at radius 3 is 3.06 bits per heavy atom. The second kappa shape index (κ2) is 4.51. The Morgan fingerprint density at radius 2 is 2.28 bits per heavy atom. The Morgan fingerprint density at radius 1 is 1.39 bits per heavy atom. The van der Waals surface area contributed by atoms with Crippen molar-refractivity contribution in [1.29, 1.82) is 0 Å². The fraction of sp³-hybridized carbons (Fsp3) is 0. The van der Waals surface area contributed by atoms with Crippen LogP contribution in [0.2, 0.25) is 0 Å². The van der Waals surface area contributed by atoms with Gasteiger partial charge in [-0.3, -0.25) is 10.1 Å². The molecule has 3 aromatic rings. The van der Waals surface area contributed by atoms with E-state index in [0.717, 1.165) is 15.4 Å². The summed E-state index contributed by atoms with van der Waals surface area (Å²) < 4.78 is 0.977. The largest absolute Gasteiger partial charge is 0.351 e. The molecule has 3 rings (SSSR count). The molecule has 1 amide bonds. The van der Waals surface area contributed by atoms with Crippen molar-refractivity contribution in [3.05, 3.63) is 39.9 Å². The summed E-state index contributed by atoms with van der Waals surface area (Å²) in [6.45, 7) is 0. The number of carbonyl (C=O) groups is 1. The number of amides is 1. The molecule has 2 N–H and O–H groups in total. The van der Waals surface area contributed by atoms with E-state index in [1.54, 1.807) is 11.6 Å². The number of carbonyl (C=O) groups excluding carboxylic acids is 1. The Balaban J connectivity index is 1.92. The predicted octanol–water partition coefficient (Wildman–Crippen LogP) is 3.03. The van der Waals surface area contributed by atoms with Crippen molar-refractivity contribution in [3.63, 3.8) is 0 Å². The summed E-state index contributed by atoms with van der Waals surface area (Å²) in [7, 11) is 0. The summed E-state index contributed by atoms with van der Waals surface area (Å²) in [5, 5.41) is 11.6. The summed E-state index contributed by atoms with van der Waals surface area (Å²) in [5.41, 5.74) is 2.98. The minimum Gasteiger partial charge on any atom is -0.351 e. The Kier molecular flexibility index (Phi) is 2.85. The van der Waals surface area contributed by atoms with Crippen LogP contribution in [0.25, 0.3) is 10.9 Å². The van der Waals surface area contributed by atoms with Crippen molar-refractivity contribution >= 4 is 49.2 Å². The SMILES string of the molecule is O=C(Nc1nncs1)c1cc2cc(Br)ccc2[nH]1. The number of nitrogens with zero attached hydrogens (tertiary/aromatic N) is 2. The van der Waals surface area contributed by atoms with Crippen molar-refractivity contribution in [2.75, 3.05) is 5.32 Å². The molecule has 0 atom stereocenters. The molecule has 0 saturated carbocycles. The van der Waals surface area contributed by atoms with Crippen LogP contribution in [0.1, 0.15) is 10.5 Å². The molecule has 2 aromatic heterocycles. The number of anilines is 1. The van der Waals surface area contributed by atoms with E-state index in [1.807, 2.05) is 18.2 Å². The van der Waals surface area contributed by atoms with Gasteiger partial charge in [-0.05, 0) is 24.3 Å². The highest BCUT2D eigenvalue weighted by atomic mass is 79.9. The molecule has 0 bridgehead atoms. The molecule has 7 heteroatoms. The maximum atomic E-state index is 12.0. The summed E-state index contributed by atoms with van der Waals surface area (Å²) in [6.07, 6.45) is 0. The van der Waals surface area contributed by atoms with Crippen LogP contribution in [0.4, 0.5) is 5.13 Å².